The van der Waals surface area contributed by atoms with Crippen molar-refractivity contribution in [3.8, 4) is 0 Å². The van der Waals surface area contributed by atoms with Crippen molar-refractivity contribution in [2.24, 2.45) is 0 Å². The molecule has 0 fully saturated rings. The Morgan fingerprint density at radius 1 is 1.43 bits per heavy atom. The third-order valence-corrected chi connectivity index (χ3v) is 4.76. The summed E-state index contributed by atoms with van der Waals surface area (Å²) in [5.74, 6) is 0.0842. The number of carbonyl (C=O) groups excluding carboxylic acids is 1. The highest BCUT2D eigenvalue weighted by molar-refractivity contribution is 7.92. The van der Waals surface area contributed by atoms with Crippen molar-refractivity contribution >= 4 is 21.8 Å². The molecule has 0 saturated carbocycles. The van der Waals surface area contributed by atoms with Gasteiger partial charge < -0.3 is 4.74 Å². The lowest BCUT2D eigenvalue weighted by atomic mass is 9.90. The number of pyridine rings is 1. The number of rotatable bonds is 3. The molecular weight excluding hydrogens is 292 g/mol. The minimum Gasteiger partial charge on any atom is -0.465 e. The average molecular weight is 312 g/mol. The zero-order chi connectivity index (χ0) is 15.8. The van der Waals surface area contributed by atoms with E-state index in [0.29, 0.717) is 30.8 Å². The molecule has 1 aromatic heterocycles. The molecule has 0 saturated heterocycles. The third kappa shape index (κ3) is 2.88. The van der Waals surface area contributed by atoms with Gasteiger partial charge >= 0.3 is 5.97 Å². The Bertz CT molecular complexity index is 668. The number of carbonyl (C=O) groups is 1. The number of methoxy groups -OCH3 is 1. The zero-order valence-corrected chi connectivity index (χ0v) is 13.5. The van der Waals surface area contributed by atoms with Gasteiger partial charge in [-0.2, -0.15) is 0 Å². The van der Waals surface area contributed by atoms with Crippen LogP contribution in [0.3, 0.4) is 0 Å². The van der Waals surface area contributed by atoms with E-state index in [2.05, 4.69) is 4.98 Å². The van der Waals surface area contributed by atoms with Crippen molar-refractivity contribution in [3.05, 3.63) is 22.9 Å². The maximum absolute atomic E-state index is 11.9. The molecule has 1 aromatic rings. The van der Waals surface area contributed by atoms with Crippen LogP contribution in [0.2, 0.25) is 0 Å². The maximum atomic E-state index is 11.9. The van der Waals surface area contributed by atoms with Crippen LogP contribution < -0.4 is 4.31 Å². The first-order valence-electron chi connectivity index (χ1n) is 6.85. The third-order valence-electron chi connectivity index (χ3n) is 3.61. The second kappa shape index (κ2) is 5.63. The minimum absolute atomic E-state index is 0.0790. The van der Waals surface area contributed by atoms with Gasteiger partial charge in [0.05, 0.1) is 18.9 Å². The number of nitrogens with zero attached hydrogens (tertiary/aromatic N) is 2. The first-order valence-corrected chi connectivity index (χ1v) is 8.70. The van der Waals surface area contributed by atoms with Crippen LogP contribution in [0.15, 0.2) is 6.20 Å². The summed E-state index contributed by atoms with van der Waals surface area (Å²) in [4.78, 5) is 16.1. The molecule has 0 unspecified atom stereocenters. The summed E-state index contributed by atoms with van der Waals surface area (Å²) in [5.41, 5.74) is 2.09. The fourth-order valence-electron chi connectivity index (χ4n) is 2.78. The summed E-state index contributed by atoms with van der Waals surface area (Å²) in [6.45, 7) is 4.37. The maximum Gasteiger partial charge on any atom is 0.339 e. The molecule has 1 aliphatic rings. The summed E-state index contributed by atoms with van der Waals surface area (Å²) in [6, 6.07) is 0. The van der Waals surface area contributed by atoms with Gasteiger partial charge in [-0.05, 0) is 24.3 Å². The zero-order valence-electron chi connectivity index (χ0n) is 12.7. The van der Waals surface area contributed by atoms with Gasteiger partial charge in [0.2, 0.25) is 10.0 Å². The Hall–Kier alpha value is -1.63. The normalized spacial score (nSPS) is 15.0. The van der Waals surface area contributed by atoms with Crippen LogP contribution in [0.5, 0.6) is 0 Å². The second-order valence-corrected chi connectivity index (χ2v) is 7.38. The molecule has 2 heterocycles. The topological polar surface area (TPSA) is 76.6 Å². The van der Waals surface area contributed by atoms with Gasteiger partial charge in [-0.1, -0.05) is 13.8 Å². The first-order chi connectivity index (χ1) is 9.77. The predicted molar refractivity (Wildman–Crippen MR) is 80.2 cm³/mol. The van der Waals surface area contributed by atoms with Crippen molar-refractivity contribution in [1.82, 2.24) is 4.98 Å². The lowest BCUT2D eigenvalue weighted by molar-refractivity contribution is 0.0598. The molecule has 0 radical (unpaired) electrons. The Kier molecular flexibility index (Phi) is 4.22. The smallest absolute Gasteiger partial charge is 0.339 e. The SMILES string of the molecule is COC(=O)c1cnc2c(c1C(C)C)CCCN2S(C)(=O)=O. The van der Waals surface area contributed by atoms with E-state index in [1.807, 2.05) is 13.8 Å². The van der Waals surface area contributed by atoms with Crippen LogP contribution >= 0.6 is 0 Å². The molecule has 0 atom stereocenters. The van der Waals surface area contributed by atoms with Crippen LogP contribution in [0.1, 0.15) is 47.7 Å². The molecule has 7 heteroatoms. The summed E-state index contributed by atoms with van der Waals surface area (Å²) < 4.78 is 29.9. The molecule has 0 aromatic carbocycles. The number of hydrogen-bond acceptors (Lipinski definition) is 5. The summed E-state index contributed by atoms with van der Waals surface area (Å²) >= 11 is 0. The molecule has 6 nitrogen and oxygen atoms in total. The van der Waals surface area contributed by atoms with E-state index in [1.54, 1.807) is 0 Å². The van der Waals surface area contributed by atoms with Crippen molar-refractivity contribution < 1.29 is 17.9 Å². The van der Waals surface area contributed by atoms with Gasteiger partial charge in [0.25, 0.3) is 0 Å². The minimum atomic E-state index is -3.37. The highest BCUT2D eigenvalue weighted by Crippen LogP contribution is 2.35. The Morgan fingerprint density at radius 3 is 2.62 bits per heavy atom. The molecule has 0 amide bonds. The lowest BCUT2D eigenvalue weighted by Crippen LogP contribution is -2.36. The van der Waals surface area contributed by atoms with Crippen LogP contribution in [-0.4, -0.2) is 39.3 Å². The number of aromatic nitrogens is 1. The highest BCUT2D eigenvalue weighted by atomic mass is 32.2. The number of ether oxygens (including phenoxy) is 1. The van der Waals surface area contributed by atoms with E-state index in [9.17, 15) is 13.2 Å². The number of hydrogen-bond donors (Lipinski definition) is 0. The van der Waals surface area contributed by atoms with E-state index in [4.69, 9.17) is 4.74 Å². The van der Waals surface area contributed by atoms with Crippen molar-refractivity contribution in [2.45, 2.75) is 32.6 Å². The monoisotopic (exact) mass is 312 g/mol. The van der Waals surface area contributed by atoms with Crippen LogP contribution in [-0.2, 0) is 21.2 Å². The molecule has 21 heavy (non-hydrogen) atoms. The van der Waals surface area contributed by atoms with Gasteiger partial charge in [0.15, 0.2) is 0 Å². The molecule has 2 rings (SSSR count). The van der Waals surface area contributed by atoms with Crippen molar-refractivity contribution in [3.63, 3.8) is 0 Å². The number of esters is 1. The number of sulfonamides is 1. The van der Waals surface area contributed by atoms with Crippen LogP contribution in [0.4, 0.5) is 5.82 Å². The molecule has 1 aliphatic heterocycles. The van der Waals surface area contributed by atoms with Gasteiger partial charge in [0, 0.05) is 18.3 Å². The molecular formula is C14H20N2O4S. The summed E-state index contributed by atoms with van der Waals surface area (Å²) in [5, 5.41) is 0. The van der Waals surface area contributed by atoms with Gasteiger partial charge in [-0.25, -0.2) is 18.2 Å². The van der Waals surface area contributed by atoms with E-state index in [1.165, 1.54) is 23.9 Å². The van der Waals surface area contributed by atoms with Gasteiger partial charge in [-0.3, -0.25) is 4.31 Å². The number of fused-ring (bicyclic) bond motifs is 1. The molecule has 0 N–H and O–H groups in total. The first kappa shape index (κ1) is 15.8. The highest BCUT2D eigenvalue weighted by Gasteiger charge is 2.30. The Morgan fingerprint density at radius 2 is 2.10 bits per heavy atom. The number of anilines is 1. The van der Waals surface area contributed by atoms with E-state index in [0.717, 1.165) is 11.1 Å². The lowest BCUT2D eigenvalue weighted by Gasteiger charge is -2.30. The predicted octanol–water partition coefficient (Wildman–Crippen LogP) is 1.70. The van der Waals surface area contributed by atoms with Crippen molar-refractivity contribution in [1.29, 1.82) is 0 Å². The van der Waals surface area contributed by atoms with Gasteiger partial charge in [0.1, 0.15) is 5.82 Å². The largest absolute Gasteiger partial charge is 0.465 e. The fourth-order valence-corrected chi connectivity index (χ4v) is 3.71. The van der Waals surface area contributed by atoms with Gasteiger partial charge in [-0.15, -0.1) is 0 Å². The summed E-state index contributed by atoms with van der Waals surface area (Å²) in [6.07, 6.45) is 4.02. The molecule has 116 valence electrons. The van der Waals surface area contributed by atoms with Crippen LogP contribution in [0, 0.1) is 0 Å². The van der Waals surface area contributed by atoms with E-state index < -0.39 is 16.0 Å². The average Bonchev–Trinajstić information content (AvgIpc) is 2.43. The standard InChI is InChI=1S/C14H20N2O4S/c1-9(2)12-10-6-5-7-16(21(4,18)19)13(10)15-8-11(12)14(17)20-3/h8-9H,5-7H2,1-4H3. The Balaban J connectivity index is 2.69. The molecule has 0 aliphatic carbocycles. The fraction of sp³-hybridized carbons (Fsp3) is 0.571. The van der Waals surface area contributed by atoms with E-state index in [-0.39, 0.29) is 5.92 Å². The quantitative estimate of drug-likeness (QED) is 0.794. The second-order valence-electron chi connectivity index (χ2n) is 5.47. The summed E-state index contributed by atoms with van der Waals surface area (Å²) in [7, 11) is -2.04. The van der Waals surface area contributed by atoms with E-state index >= 15 is 0 Å². The molecule has 0 spiro atoms. The van der Waals surface area contributed by atoms with Crippen LogP contribution in [0.25, 0.3) is 0 Å². The molecule has 0 bridgehead atoms. The Labute approximate surface area is 125 Å². The van der Waals surface area contributed by atoms with Crippen molar-refractivity contribution in [2.75, 3.05) is 24.2 Å².